The molecule has 2 rings (SSSR count). The number of hydrogen-bond donors (Lipinski definition) is 1. The molecule has 1 fully saturated rings. The van der Waals surface area contributed by atoms with E-state index in [4.69, 9.17) is 5.73 Å². The summed E-state index contributed by atoms with van der Waals surface area (Å²) in [5, 5.41) is 0. The van der Waals surface area contributed by atoms with Crippen LogP contribution in [0.1, 0.15) is 25.8 Å². The number of rotatable bonds is 2. The van der Waals surface area contributed by atoms with Gasteiger partial charge < -0.3 is 10.6 Å². The molecule has 16 heavy (non-hydrogen) atoms. The van der Waals surface area contributed by atoms with Gasteiger partial charge in [0.05, 0.1) is 0 Å². The van der Waals surface area contributed by atoms with Gasteiger partial charge in [0.15, 0.2) is 0 Å². The van der Waals surface area contributed by atoms with Crippen LogP contribution in [0.3, 0.4) is 0 Å². The van der Waals surface area contributed by atoms with E-state index in [9.17, 15) is 0 Å². The van der Waals surface area contributed by atoms with E-state index in [0.717, 1.165) is 17.6 Å². The van der Waals surface area contributed by atoms with E-state index in [1.807, 2.05) is 0 Å². The lowest BCUT2D eigenvalue weighted by Gasteiger charge is -2.24. The van der Waals surface area contributed by atoms with Crippen molar-refractivity contribution < 1.29 is 0 Å². The summed E-state index contributed by atoms with van der Waals surface area (Å²) in [6, 6.07) is 6.40. The van der Waals surface area contributed by atoms with Crippen molar-refractivity contribution in [3.8, 4) is 0 Å². The summed E-state index contributed by atoms with van der Waals surface area (Å²) in [6.07, 6.45) is 1.26. The lowest BCUT2D eigenvalue weighted by molar-refractivity contribution is 0.418. The summed E-state index contributed by atoms with van der Waals surface area (Å²) in [5.41, 5.74) is 8.77. The smallest absolute Gasteiger partial charge is 0.0412 e. The van der Waals surface area contributed by atoms with Crippen molar-refractivity contribution in [1.29, 1.82) is 0 Å². The Morgan fingerprint density at radius 2 is 2.19 bits per heavy atom. The average molecular weight is 283 g/mol. The molecule has 1 aromatic rings. The van der Waals surface area contributed by atoms with Gasteiger partial charge in [0.1, 0.15) is 0 Å². The molecule has 1 saturated heterocycles. The standard InChI is InChI=1S/C13H19BrN2/c1-13(2)5-6-16(9-13)12-4-3-11(14)7-10(12)8-15/h3-4,7H,5-6,8-9,15H2,1-2H3. The van der Waals surface area contributed by atoms with E-state index in [1.54, 1.807) is 0 Å². The normalized spacial score (nSPS) is 19.1. The molecule has 88 valence electrons. The Bertz CT molecular complexity index is 388. The fourth-order valence-electron chi connectivity index (χ4n) is 2.34. The zero-order valence-corrected chi connectivity index (χ0v) is 11.5. The Morgan fingerprint density at radius 3 is 2.75 bits per heavy atom. The fourth-order valence-corrected chi connectivity index (χ4v) is 2.75. The van der Waals surface area contributed by atoms with E-state index >= 15 is 0 Å². The molecule has 0 radical (unpaired) electrons. The zero-order chi connectivity index (χ0) is 11.8. The van der Waals surface area contributed by atoms with Gasteiger partial charge in [-0.05, 0) is 35.6 Å². The van der Waals surface area contributed by atoms with Crippen LogP contribution in [0.15, 0.2) is 22.7 Å². The van der Waals surface area contributed by atoms with E-state index in [2.05, 4.69) is 52.9 Å². The van der Waals surface area contributed by atoms with Crippen LogP contribution < -0.4 is 10.6 Å². The molecular formula is C13H19BrN2. The predicted molar refractivity (Wildman–Crippen MR) is 72.6 cm³/mol. The largest absolute Gasteiger partial charge is 0.371 e. The maximum atomic E-state index is 5.81. The minimum Gasteiger partial charge on any atom is -0.371 e. The highest BCUT2D eigenvalue weighted by atomic mass is 79.9. The Balaban J connectivity index is 2.27. The first-order valence-corrected chi connectivity index (χ1v) is 6.54. The highest BCUT2D eigenvalue weighted by molar-refractivity contribution is 9.10. The molecule has 0 amide bonds. The van der Waals surface area contributed by atoms with Gasteiger partial charge >= 0.3 is 0 Å². The highest BCUT2D eigenvalue weighted by Crippen LogP contribution is 2.34. The molecule has 1 aliphatic rings. The van der Waals surface area contributed by atoms with Gasteiger partial charge in [0, 0.05) is 29.8 Å². The van der Waals surface area contributed by atoms with Crippen molar-refractivity contribution in [2.24, 2.45) is 11.1 Å². The van der Waals surface area contributed by atoms with Crippen molar-refractivity contribution in [2.45, 2.75) is 26.8 Å². The molecule has 1 aliphatic heterocycles. The summed E-state index contributed by atoms with van der Waals surface area (Å²) >= 11 is 3.49. The van der Waals surface area contributed by atoms with Crippen LogP contribution in [0.5, 0.6) is 0 Å². The molecule has 1 heterocycles. The van der Waals surface area contributed by atoms with Crippen LogP contribution in [0.25, 0.3) is 0 Å². The molecule has 3 heteroatoms. The molecule has 0 atom stereocenters. The number of nitrogens with zero attached hydrogens (tertiary/aromatic N) is 1. The maximum absolute atomic E-state index is 5.81. The van der Waals surface area contributed by atoms with Crippen molar-refractivity contribution in [3.05, 3.63) is 28.2 Å². The van der Waals surface area contributed by atoms with Crippen molar-refractivity contribution in [3.63, 3.8) is 0 Å². The molecule has 1 aromatic carbocycles. The first-order valence-electron chi connectivity index (χ1n) is 5.75. The maximum Gasteiger partial charge on any atom is 0.0412 e. The second kappa shape index (κ2) is 4.38. The van der Waals surface area contributed by atoms with Crippen molar-refractivity contribution in [2.75, 3.05) is 18.0 Å². The van der Waals surface area contributed by atoms with Crippen LogP contribution in [0, 0.1) is 5.41 Å². The summed E-state index contributed by atoms with van der Waals surface area (Å²) < 4.78 is 1.11. The van der Waals surface area contributed by atoms with E-state index in [1.165, 1.54) is 17.7 Å². The van der Waals surface area contributed by atoms with Crippen LogP contribution >= 0.6 is 15.9 Å². The number of hydrogen-bond acceptors (Lipinski definition) is 2. The van der Waals surface area contributed by atoms with Gasteiger partial charge in [-0.15, -0.1) is 0 Å². The first-order chi connectivity index (χ1) is 7.52. The Hall–Kier alpha value is -0.540. The van der Waals surface area contributed by atoms with E-state index in [-0.39, 0.29) is 0 Å². The summed E-state index contributed by atoms with van der Waals surface area (Å²) in [5.74, 6) is 0. The molecule has 0 spiro atoms. The monoisotopic (exact) mass is 282 g/mol. The molecule has 0 unspecified atom stereocenters. The fraction of sp³-hybridized carbons (Fsp3) is 0.538. The topological polar surface area (TPSA) is 29.3 Å². The van der Waals surface area contributed by atoms with Crippen molar-refractivity contribution in [1.82, 2.24) is 0 Å². The molecule has 0 aromatic heterocycles. The van der Waals surface area contributed by atoms with E-state index < -0.39 is 0 Å². The van der Waals surface area contributed by atoms with Gasteiger partial charge in [-0.3, -0.25) is 0 Å². The molecule has 0 saturated carbocycles. The number of halogens is 1. The molecule has 2 N–H and O–H groups in total. The Labute approximate surface area is 106 Å². The van der Waals surface area contributed by atoms with Crippen molar-refractivity contribution >= 4 is 21.6 Å². The van der Waals surface area contributed by atoms with Gasteiger partial charge in [-0.1, -0.05) is 29.8 Å². The summed E-state index contributed by atoms with van der Waals surface area (Å²) in [4.78, 5) is 2.45. The Morgan fingerprint density at radius 1 is 1.44 bits per heavy atom. The number of nitrogens with two attached hydrogens (primary N) is 1. The van der Waals surface area contributed by atoms with Crippen LogP contribution in [0.4, 0.5) is 5.69 Å². The van der Waals surface area contributed by atoms with Gasteiger partial charge in [0.2, 0.25) is 0 Å². The summed E-state index contributed by atoms with van der Waals surface area (Å²) in [6.45, 7) is 7.52. The van der Waals surface area contributed by atoms with Gasteiger partial charge in [-0.25, -0.2) is 0 Å². The third-order valence-electron chi connectivity index (χ3n) is 3.28. The minimum atomic E-state index is 0.430. The number of benzene rings is 1. The third kappa shape index (κ3) is 2.41. The van der Waals surface area contributed by atoms with Crippen LogP contribution in [0.2, 0.25) is 0 Å². The molecule has 2 nitrogen and oxygen atoms in total. The molecule has 0 bridgehead atoms. The third-order valence-corrected chi connectivity index (χ3v) is 3.77. The quantitative estimate of drug-likeness (QED) is 0.903. The molecular weight excluding hydrogens is 264 g/mol. The first kappa shape index (κ1) is 11.9. The van der Waals surface area contributed by atoms with Crippen LogP contribution in [-0.2, 0) is 6.54 Å². The predicted octanol–water partition coefficient (Wildman–Crippen LogP) is 3.14. The zero-order valence-electron chi connectivity index (χ0n) is 9.96. The SMILES string of the molecule is CC1(C)CCN(c2ccc(Br)cc2CN)C1. The lowest BCUT2D eigenvalue weighted by atomic mass is 9.93. The second-order valence-electron chi connectivity index (χ2n) is 5.31. The Kier molecular flexibility index (Phi) is 3.27. The lowest BCUT2D eigenvalue weighted by Crippen LogP contribution is -2.24. The minimum absolute atomic E-state index is 0.430. The van der Waals surface area contributed by atoms with E-state index in [0.29, 0.717) is 12.0 Å². The van der Waals surface area contributed by atoms with Gasteiger partial charge in [-0.2, -0.15) is 0 Å². The van der Waals surface area contributed by atoms with Crippen LogP contribution in [-0.4, -0.2) is 13.1 Å². The number of anilines is 1. The molecule has 0 aliphatic carbocycles. The average Bonchev–Trinajstić information content (AvgIpc) is 2.58. The highest BCUT2D eigenvalue weighted by Gasteiger charge is 2.29. The summed E-state index contributed by atoms with van der Waals surface area (Å²) in [7, 11) is 0. The van der Waals surface area contributed by atoms with Gasteiger partial charge in [0.25, 0.3) is 0 Å². The second-order valence-corrected chi connectivity index (χ2v) is 6.23.